The minimum atomic E-state index is 0.110. The number of rotatable bonds is 5. The van der Waals surface area contributed by atoms with E-state index in [2.05, 4.69) is 21.7 Å². The van der Waals surface area contributed by atoms with Gasteiger partial charge in [0, 0.05) is 17.8 Å². The number of carbonyl (C=O) groups is 1. The zero-order valence-corrected chi connectivity index (χ0v) is 10.3. The number of nitrogens with zero attached hydrogens (tertiary/aromatic N) is 1. The molecule has 15 heavy (non-hydrogen) atoms. The third-order valence-corrected chi connectivity index (χ3v) is 3.28. The fourth-order valence-corrected chi connectivity index (χ4v) is 2.28. The van der Waals surface area contributed by atoms with Crippen molar-refractivity contribution in [3.05, 3.63) is 22.4 Å². The van der Waals surface area contributed by atoms with E-state index in [0.29, 0.717) is 13.0 Å². The fourth-order valence-electron chi connectivity index (χ4n) is 1.35. The maximum absolute atomic E-state index is 11.2. The van der Waals surface area contributed by atoms with Gasteiger partial charge in [0.15, 0.2) is 0 Å². The van der Waals surface area contributed by atoms with Crippen molar-refractivity contribution in [1.29, 1.82) is 0 Å². The molecule has 1 N–H and O–H groups in total. The third kappa shape index (κ3) is 3.64. The van der Waals surface area contributed by atoms with Crippen LogP contribution in [0.1, 0.15) is 24.3 Å². The van der Waals surface area contributed by atoms with Crippen molar-refractivity contribution in [2.45, 2.75) is 19.4 Å². The minimum absolute atomic E-state index is 0.110. The molecule has 0 aliphatic carbocycles. The number of carbonyl (C=O) groups excluding carboxylic acids is 1. The van der Waals surface area contributed by atoms with Gasteiger partial charge in [0.2, 0.25) is 5.91 Å². The van der Waals surface area contributed by atoms with Crippen molar-refractivity contribution in [3.63, 3.8) is 0 Å². The quantitative estimate of drug-likeness (QED) is 0.831. The monoisotopic (exact) mass is 226 g/mol. The Kier molecular flexibility index (Phi) is 4.78. The van der Waals surface area contributed by atoms with Gasteiger partial charge in [-0.1, -0.05) is 13.0 Å². The van der Waals surface area contributed by atoms with Crippen LogP contribution in [-0.4, -0.2) is 31.4 Å². The molecule has 0 spiro atoms. The average molecular weight is 226 g/mol. The van der Waals surface area contributed by atoms with Crippen LogP contribution in [0.25, 0.3) is 0 Å². The number of thiophene rings is 1. The highest BCUT2D eigenvalue weighted by molar-refractivity contribution is 7.10. The van der Waals surface area contributed by atoms with Crippen LogP contribution in [0, 0.1) is 0 Å². The second-order valence-corrected chi connectivity index (χ2v) is 4.63. The molecule has 0 saturated carbocycles. The Morgan fingerprint density at radius 2 is 2.33 bits per heavy atom. The number of nitrogens with one attached hydrogen (secondary N) is 1. The number of hydrogen-bond acceptors (Lipinski definition) is 3. The molecule has 1 atom stereocenters. The molecular weight excluding hydrogens is 208 g/mol. The summed E-state index contributed by atoms with van der Waals surface area (Å²) in [6.45, 7) is 2.55. The minimum Gasteiger partial charge on any atom is -0.354 e. The molecule has 1 aromatic rings. The van der Waals surface area contributed by atoms with E-state index in [9.17, 15) is 4.79 Å². The predicted octanol–water partition coefficient (Wildman–Crippen LogP) is 1.88. The average Bonchev–Trinajstić information content (AvgIpc) is 2.70. The van der Waals surface area contributed by atoms with E-state index >= 15 is 0 Å². The highest BCUT2D eigenvalue weighted by atomic mass is 32.1. The molecule has 84 valence electrons. The van der Waals surface area contributed by atoms with Crippen molar-refractivity contribution in [2.24, 2.45) is 0 Å². The van der Waals surface area contributed by atoms with Gasteiger partial charge < -0.3 is 10.2 Å². The SMILES string of the molecule is CCC(=O)NC[C@@H](c1cccs1)N(C)C. The van der Waals surface area contributed by atoms with E-state index in [4.69, 9.17) is 0 Å². The first-order chi connectivity index (χ1) is 7.15. The number of likely N-dealkylation sites (N-methyl/N-ethyl adjacent to an activating group) is 1. The van der Waals surface area contributed by atoms with Gasteiger partial charge in [-0.3, -0.25) is 4.79 Å². The first kappa shape index (κ1) is 12.2. The van der Waals surface area contributed by atoms with Crippen molar-refractivity contribution < 1.29 is 4.79 Å². The highest BCUT2D eigenvalue weighted by Crippen LogP contribution is 2.22. The van der Waals surface area contributed by atoms with Crippen molar-refractivity contribution >= 4 is 17.2 Å². The zero-order chi connectivity index (χ0) is 11.3. The van der Waals surface area contributed by atoms with Crippen LogP contribution in [0.2, 0.25) is 0 Å². The lowest BCUT2D eigenvalue weighted by atomic mass is 10.2. The summed E-state index contributed by atoms with van der Waals surface area (Å²) in [5, 5.41) is 4.99. The summed E-state index contributed by atoms with van der Waals surface area (Å²) in [4.78, 5) is 14.6. The second-order valence-electron chi connectivity index (χ2n) is 3.65. The molecule has 0 fully saturated rings. The molecule has 0 aliphatic heterocycles. The van der Waals surface area contributed by atoms with E-state index in [1.807, 2.05) is 27.1 Å². The fraction of sp³-hybridized carbons (Fsp3) is 0.545. The van der Waals surface area contributed by atoms with Crippen LogP contribution in [0.15, 0.2) is 17.5 Å². The van der Waals surface area contributed by atoms with Gasteiger partial charge in [-0.25, -0.2) is 0 Å². The largest absolute Gasteiger partial charge is 0.354 e. The molecule has 0 saturated heterocycles. The Hall–Kier alpha value is -0.870. The molecule has 0 bridgehead atoms. The molecule has 1 aromatic heterocycles. The summed E-state index contributed by atoms with van der Waals surface area (Å²) in [5.41, 5.74) is 0. The Bertz CT molecular complexity index is 296. The molecule has 3 nitrogen and oxygen atoms in total. The molecule has 0 unspecified atom stereocenters. The summed E-state index contributed by atoms with van der Waals surface area (Å²) in [5.74, 6) is 0.110. The van der Waals surface area contributed by atoms with E-state index < -0.39 is 0 Å². The summed E-state index contributed by atoms with van der Waals surface area (Å²) < 4.78 is 0. The smallest absolute Gasteiger partial charge is 0.219 e. The maximum atomic E-state index is 11.2. The number of amides is 1. The Balaban J connectivity index is 2.56. The first-order valence-electron chi connectivity index (χ1n) is 5.11. The third-order valence-electron chi connectivity index (χ3n) is 2.31. The summed E-state index contributed by atoms with van der Waals surface area (Å²) in [6, 6.07) is 4.42. The molecule has 1 heterocycles. The van der Waals surface area contributed by atoms with Gasteiger partial charge in [-0.2, -0.15) is 0 Å². The second kappa shape index (κ2) is 5.88. The summed E-state index contributed by atoms with van der Waals surface area (Å²) in [7, 11) is 4.06. The molecular formula is C11H18N2OS. The van der Waals surface area contributed by atoms with Crippen LogP contribution in [0.5, 0.6) is 0 Å². The first-order valence-corrected chi connectivity index (χ1v) is 5.99. The van der Waals surface area contributed by atoms with Crippen LogP contribution < -0.4 is 5.32 Å². The standard InChI is InChI=1S/C11H18N2OS/c1-4-11(14)12-8-9(13(2)3)10-6-5-7-15-10/h5-7,9H,4,8H2,1-3H3,(H,12,14)/t9-/m0/s1. The van der Waals surface area contributed by atoms with Crippen molar-refractivity contribution in [3.8, 4) is 0 Å². The normalized spacial score (nSPS) is 12.8. The number of hydrogen-bond donors (Lipinski definition) is 1. The Labute approximate surface area is 95.1 Å². The van der Waals surface area contributed by atoms with Crippen molar-refractivity contribution in [2.75, 3.05) is 20.6 Å². The van der Waals surface area contributed by atoms with Gasteiger partial charge >= 0.3 is 0 Å². The van der Waals surface area contributed by atoms with E-state index in [1.54, 1.807) is 11.3 Å². The molecule has 0 aliphatic rings. The highest BCUT2D eigenvalue weighted by Gasteiger charge is 2.15. The van der Waals surface area contributed by atoms with Gasteiger partial charge in [-0.15, -0.1) is 11.3 Å². The zero-order valence-electron chi connectivity index (χ0n) is 9.49. The topological polar surface area (TPSA) is 32.3 Å². The van der Waals surface area contributed by atoms with Gasteiger partial charge in [-0.05, 0) is 25.5 Å². The molecule has 0 radical (unpaired) electrons. The predicted molar refractivity (Wildman–Crippen MR) is 64.0 cm³/mol. The molecule has 1 rings (SSSR count). The van der Waals surface area contributed by atoms with Gasteiger partial charge in [0.25, 0.3) is 0 Å². The van der Waals surface area contributed by atoms with Crippen molar-refractivity contribution in [1.82, 2.24) is 10.2 Å². The molecule has 1 amide bonds. The summed E-state index contributed by atoms with van der Waals surface area (Å²) >= 11 is 1.73. The van der Waals surface area contributed by atoms with E-state index in [-0.39, 0.29) is 11.9 Å². The lowest BCUT2D eigenvalue weighted by Gasteiger charge is -2.23. The van der Waals surface area contributed by atoms with Gasteiger partial charge in [0.05, 0.1) is 6.04 Å². The Morgan fingerprint density at radius 3 is 2.80 bits per heavy atom. The van der Waals surface area contributed by atoms with Crippen LogP contribution in [0.3, 0.4) is 0 Å². The molecule has 0 aromatic carbocycles. The Morgan fingerprint density at radius 1 is 1.60 bits per heavy atom. The van der Waals surface area contributed by atoms with Crippen LogP contribution >= 0.6 is 11.3 Å². The lowest BCUT2D eigenvalue weighted by molar-refractivity contribution is -0.120. The lowest BCUT2D eigenvalue weighted by Crippen LogP contribution is -2.33. The summed E-state index contributed by atoms with van der Waals surface area (Å²) in [6.07, 6.45) is 0.546. The van der Waals surface area contributed by atoms with E-state index in [0.717, 1.165) is 0 Å². The maximum Gasteiger partial charge on any atom is 0.219 e. The molecule has 4 heteroatoms. The van der Waals surface area contributed by atoms with Crippen LogP contribution in [0.4, 0.5) is 0 Å². The van der Waals surface area contributed by atoms with Crippen LogP contribution in [-0.2, 0) is 4.79 Å². The van der Waals surface area contributed by atoms with Gasteiger partial charge in [0.1, 0.15) is 0 Å². The van der Waals surface area contributed by atoms with E-state index in [1.165, 1.54) is 4.88 Å².